The standard InChI is InChI=1S/C45H80O19P2/c1-3-5-7-8-9-10-11-12-13-14-15-20-24-30-38(49)60-32-35(33-61-66(58,59)64-45-42(53)40(51)41(52)44(43(45)54)63-65(55,56)57)62-39(50)31-25-29-37(48)36(47)28-23-19-17-16-18-22-27-34(46)26-21-6-4-2/h16-19,22-23,27-28,34-37,40-48,51-54H,3-15,20-21,24-26,29-33H2,1-2H3,(H,58,59)(H2,55,56,57)/b18-16-,19-17+,27-22+,28-23+/t34-,35+,36-,37-,40?,41?,42?,43?,44+,45-/m0/s1. The molecule has 5 unspecified atom stereocenters. The Bertz CT molecular complexity index is 1520. The first-order chi connectivity index (χ1) is 31.3. The first kappa shape index (κ1) is 61.9. The molecule has 0 aromatic heterocycles. The first-order valence-electron chi connectivity index (χ1n) is 23.5. The molecule has 0 heterocycles. The molecular formula is C45H80O19P2. The molecule has 10 N–H and O–H groups in total. The number of hydrogen-bond acceptors (Lipinski definition) is 16. The van der Waals surface area contributed by atoms with Crippen molar-refractivity contribution in [1.29, 1.82) is 0 Å². The summed E-state index contributed by atoms with van der Waals surface area (Å²) in [6, 6.07) is 0. The number of aliphatic hydroxyl groups is 7. The molecule has 384 valence electrons. The van der Waals surface area contributed by atoms with Gasteiger partial charge in [0, 0.05) is 12.8 Å². The number of phosphoric acid groups is 2. The van der Waals surface area contributed by atoms with E-state index in [0.29, 0.717) is 12.8 Å². The lowest BCUT2D eigenvalue weighted by Crippen LogP contribution is -2.64. The molecule has 0 spiro atoms. The van der Waals surface area contributed by atoms with E-state index in [0.717, 1.165) is 44.9 Å². The molecule has 21 heteroatoms. The van der Waals surface area contributed by atoms with Crippen LogP contribution in [0.2, 0.25) is 0 Å². The summed E-state index contributed by atoms with van der Waals surface area (Å²) in [5.74, 6) is -1.53. The van der Waals surface area contributed by atoms with E-state index >= 15 is 0 Å². The van der Waals surface area contributed by atoms with Crippen LogP contribution in [0.3, 0.4) is 0 Å². The lowest BCUT2D eigenvalue weighted by Gasteiger charge is -2.43. The van der Waals surface area contributed by atoms with Crippen LogP contribution < -0.4 is 0 Å². The van der Waals surface area contributed by atoms with E-state index in [1.807, 2.05) is 0 Å². The van der Waals surface area contributed by atoms with Crippen molar-refractivity contribution in [1.82, 2.24) is 0 Å². The van der Waals surface area contributed by atoms with Gasteiger partial charge in [0.05, 0.1) is 24.9 Å². The van der Waals surface area contributed by atoms with Gasteiger partial charge in [0.1, 0.15) is 43.2 Å². The van der Waals surface area contributed by atoms with Gasteiger partial charge in [-0.05, 0) is 25.7 Å². The van der Waals surface area contributed by atoms with Crippen molar-refractivity contribution in [3.8, 4) is 0 Å². The molecule has 1 aliphatic carbocycles. The van der Waals surface area contributed by atoms with Gasteiger partial charge in [0.25, 0.3) is 0 Å². The van der Waals surface area contributed by atoms with E-state index in [2.05, 4.69) is 18.4 Å². The molecule has 1 rings (SSSR count). The minimum Gasteiger partial charge on any atom is -0.462 e. The van der Waals surface area contributed by atoms with Crippen molar-refractivity contribution in [2.75, 3.05) is 13.2 Å². The van der Waals surface area contributed by atoms with Crippen LogP contribution in [0.5, 0.6) is 0 Å². The average molecular weight is 987 g/mol. The Morgan fingerprint density at radius 2 is 1.03 bits per heavy atom. The molecule has 11 atom stereocenters. The minimum absolute atomic E-state index is 0.0254. The molecule has 0 radical (unpaired) electrons. The van der Waals surface area contributed by atoms with Crippen molar-refractivity contribution in [2.24, 2.45) is 0 Å². The largest absolute Gasteiger partial charge is 0.472 e. The van der Waals surface area contributed by atoms with E-state index < -0.39 is 102 Å². The summed E-state index contributed by atoms with van der Waals surface area (Å²) >= 11 is 0. The van der Waals surface area contributed by atoms with Gasteiger partial charge in [0.2, 0.25) is 0 Å². The number of rotatable bonds is 38. The highest BCUT2D eigenvalue weighted by atomic mass is 31.2. The summed E-state index contributed by atoms with van der Waals surface area (Å²) in [5.41, 5.74) is 0. The molecule has 66 heavy (non-hydrogen) atoms. The van der Waals surface area contributed by atoms with E-state index in [-0.39, 0.29) is 25.7 Å². The molecule has 0 aromatic carbocycles. The lowest BCUT2D eigenvalue weighted by molar-refractivity contribution is -0.216. The third-order valence-electron chi connectivity index (χ3n) is 10.8. The normalized spacial score (nSPS) is 23.4. The number of carbonyl (C=O) groups excluding carboxylic acids is 2. The third-order valence-corrected chi connectivity index (χ3v) is 12.3. The van der Waals surface area contributed by atoms with Gasteiger partial charge in [-0.3, -0.25) is 23.2 Å². The van der Waals surface area contributed by atoms with Crippen LogP contribution in [-0.2, 0) is 41.8 Å². The van der Waals surface area contributed by atoms with Gasteiger partial charge in [-0.15, -0.1) is 0 Å². The predicted molar refractivity (Wildman–Crippen MR) is 245 cm³/mol. The second-order valence-electron chi connectivity index (χ2n) is 16.7. The van der Waals surface area contributed by atoms with Crippen LogP contribution in [0.25, 0.3) is 0 Å². The van der Waals surface area contributed by atoms with Crippen LogP contribution in [-0.4, -0.2) is 137 Å². The molecule has 0 aromatic rings. The molecule has 19 nitrogen and oxygen atoms in total. The molecule has 0 saturated heterocycles. The third kappa shape index (κ3) is 29.7. The van der Waals surface area contributed by atoms with Gasteiger partial charge in [-0.25, -0.2) is 9.13 Å². The number of carbonyl (C=O) groups is 2. The van der Waals surface area contributed by atoms with E-state index in [9.17, 15) is 59.4 Å². The number of ether oxygens (including phenoxy) is 2. The quantitative estimate of drug-likeness (QED) is 0.0160. The maximum absolute atomic E-state index is 13.0. The van der Waals surface area contributed by atoms with Crippen LogP contribution in [0.4, 0.5) is 0 Å². The molecule has 0 amide bonds. The van der Waals surface area contributed by atoms with Crippen molar-refractivity contribution in [2.45, 2.75) is 210 Å². The monoisotopic (exact) mass is 986 g/mol. The number of unbranched alkanes of at least 4 members (excludes halogenated alkanes) is 14. The topological polar surface area (TPSA) is 317 Å². The average Bonchev–Trinajstić information content (AvgIpc) is 3.26. The Morgan fingerprint density at radius 3 is 1.59 bits per heavy atom. The van der Waals surface area contributed by atoms with Crippen molar-refractivity contribution in [3.05, 3.63) is 48.6 Å². The van der Waals surface area contributed by atoms with Crippen LogP contribution in [0, 0.1) is 0 Å². The van der Waals surface area contributed by atoms with Crippen LogP contribution in [0.1, 0.15) is 149 Å². The Labute approximate surface area is 390 Å². The Balaban J connectivity index is 2.76. The highest BCUT2D eigenvalue weighted by molar-refractivity contribution is 7.47. The summed E-state index contributed by atoms with van der Waals surface area (Å²) in [6.07, 6.45) is 12.7. The number of allylic oxidation sites excluding steroid dienone is 6. The summed E-state index contributed by atoms with van der Waals surface area (Å²) in [5, 5.41) is 71.9. The molecule has 1 aliphatic rings. The summed E-state index contributed by atoms with van der Waals surface area (Å²) in [4.78, 5) is 54.3. The lowest BCUT2D eigenvalue weighted by atomic mass is 9.85. The fourth-order valence-electron chi connectivity index (χ4n) is 6.94. The van der Waals surface area contributed by atoms with E-state index in [4.69, 9.17) is 28.3 Å². The molecule has 0 aliphatic heterocycles. The smallest absolute Gasteiger partial charge is 0.462 e. The molecular weight excluding hydrogens is 906 g/mol. The highest BCUT2D eigenvalue weighted by Crippen LogP contribution is 2.49. The van der Waals surface area contributed by atoms with Gasteiger partial charge >= 0.3 is 27.6 Å². The zero-order chi connectivity index (χ0) is 49.4. The number of phosphoric ester groups is 2. The number of esters is 2. The number of aliphatic hydroxyl groups excluding tert-OH is 7. The van der Waals surface area contributed by atoms with Crippen molar-refractivity contribution < 1.29 is 92.2 Å². The first-order valence-corrected chi connectivity index (χ1v) is 26.5. The van der Waals surface area contributed by atoms with E-state index in [1.54, 1.807) is 36.5 Å². The Hall–Kier alpha value is -2.16. The fraction of sp³-hybridized carbons (Fsp3) is 0.778. The van der Waals surface area contributed by atoms with Crippen LogP contribution in [0.15, 0.2) is 48.6 Å². The zero-order valence-electron chi connectivity index (χ0n) is 38.7. The summed E-state index contributed by atoms with van der Waals surface area (Å²) in [7, 11) is -10.8. The van der Waals surface area contributed by atoms with Gasteiger partial charge in [-0.2, -0.15) is 0 Å². The van der Waals surface area contributed by atoms with Gasteiger partial charge < -0.3 is 59.9 Å². The molecule has 0 bridgehead atoms. The number of hydrogen-bond donors (Lipinski definition) is 10. The second kappa shape index (κ2) is 35.9. The van der Waals surface area contributed by atoms with E-state index in [1.165, 1.54) is 63.5 Å². The molecule has 1 saturated carbocycles. The fourth-order valence-corrected chi connectivity index (χ4v) is 8.48. The van der Waals surface area contributed by atoms with Crippen molar-refractivity contribution >= 4 is 27.6 Å². The Kier molecular flexibility index (Phi) is 33.6. The SMILES string of the molecule is CCCCCCCCCCCCCCCC(=O)OC[C@H](COP(=O)(O)O[C@H]1C(O)C(O)C(O)[C@@H](OP(=O)(O)O)C1O)OC(=O)CCC[C@H](O)[C@@H](O)/C=C/C=C/C=C\C=C\[C@@H](O)CCCCC. The maximum atomic E-state index is 13.0. The molecule has 1 fully saturated rings. The minimum atomic E-state index is -5.41. The second-order valence-corrected chi connectivity index (χ2v) is 19.3. The highest BCUT2D eigenvalue weighted by Gasteiger charge is 2.54. The summed E-state index contributed by atoms with van der Waals surface area (Å²) < 4.78 is 49.1. The maximum Gasteiger partial charge on any atom is 0.472 e. The van der Waals surface area contributed by atoms with Gasteiger partial charge in [0.15, 0.2) is 6.10 Å². The van der Waals surface area contributed by atoms with Crippen molar-refractivity contribution in [3.63, 3.8) is 0 Å². The Morgan fingerprint density at radius 1 is 0.545 bits per heavy atom. The van der Waals surface area contributed by atoms with Gasteiger partial charge in [-0.1, -0.05) is 159 Å². The zero-order valence-corrected chi connectivity index (χ0v) is 40.5. The predicted octanol–water partition coefficient (Wildman–Crippen LogP) is 5.42. The van der Waals surface area contributed by atoms with Crippen LogP contribution >= 0.6 is 15.6 Å². The summed E-state index contributed by atoms with van der Waals surface area (Å²) in [6.45, 7) is 2.71.